The van der Waals surface area contributed by atoms with Gasteiger partial charge in [-0.2, -0.15) is 0 Å². The molecule has 2 aromatic rings. The first-order valence-electron chi connectivity index (χ1n) is 11.6. The van der Waals surface area contributed by atoms with Crippen molar-refractivity contribution in [1.82, 2.24) is 10.2 Å². The summed E-state index contributed by atoms with van der Waals surface area (Å²) in [6, 6.07) is 8.99. The van der Waals surface area contributed by atoms with Gasteiger partial charge >= 0.3 is 6.03 Å². The Hall–Kier alpha value is -3.17. The highest BCUT2D eigenvalue weighted by molar-refractivity contribution is 5.99. The van der Waals surface area contributed by atoms with Crippen LogP contribution in [0.25, 0.3) is 0 Å². The number of hydrogen-bond donors (Lipinski definition) is 3. The molecule has 0 aromatic heterocycles. The van der Waals surface area contributed by atoms with Gasteiger partial charge in [0.25, 0.3) is 0 Å². The molecule has 0 bridgehead atoms. The van der Waals surface area contributed by atoms with E-state index in [0.29, 0.717) is 43.2 Å². The molecule has 0 spiro atoms. The van der Waals surface area contributed by atoms with Crippen LogP contribution in [-0.2, 0) is 16.0 Å². The van der Waals surface area contributed by atoms with Gasteiger partial charge in [-0.3, -0.25) is 9.69 Å². The fourth-order valence-electron chi connectivity index (χ4n) is 4.93. The minimum atomic E-state index is -0.550. The van der Waals surface area contributed by atoms with Gasteiger partial charge in [-0.1, -0.05) is 12.1 Å². The zero-order chi connectivity index (χ0) is 23.9. The molecule has 0 radical (unpaired) electrons. The van der Waals surface area contributed by atoms with Crippen molar-refractivity contribution in [3.63, 3.8) is 0 Å². The summed E-state index contributed by atoms with van der Waals surface area (Å²) in [5.41, 5.74) is 2.51. The highest BCUT2D eigenvalue weighted by atomic mass is 19.1. The quantitative estimate of drug-likeness (QED) is 0.642. The molecule has 9 heteroatoms. The van der Waals surface area contributed by atoms with Gasteiger partial charge in [0, 0.05) is 42.5 Å². The molecule has 180 valence electrons. The average molecular weight is 469 g/mol. The molecule has 2 atom stereocenters. The zero-order valence-corrected chi connectivity index (χ0v) is 19.3. The molecule has 0 aliphatic carbocycles. The molecule has 1 unspecified atom stereocenters. The lowest BCUT2D eigenvalue weighted by Crippen LogP contribution is -2.52. The van der Waals surface area contributed by atoms with Crippen molar-refractivity contribution in [3.05, 3.63) is 53.3 Å². The van der Waals surface area contributed by atoms with Crippen LogP contribution in [0.2, 0.25) is 0 Å². The fraction of sp³-hybridized carbons (Fsp3) is 0.440. The smallest absolute Gasteiger partial charge is 0.319 e. The maximum absolute atomic E-state index is 13.7. The number of rotatable bonds is 3. The van der Waals surface area contributed by atoms with Gasteiger partial charge in [-0.05, 0) is 44.0 Å². The molecule has 3 heterocycles. The van der Waals surface area contributed by atoms with E-state index in [1.165, 1.54) is 12.1 Å². The van der Waals surface area contributed by atoms with Crippen LogP contribution >= 0.6 is 0 Å². The molecule has 0 saturated carbocycles. The molecule has 2 aromatic carbocycles. The summed E-state index contributed by atoms with van der Waals surface area (Å²) < 4.78 is 25.0. The number of halogens is 1. The van der Waals surface area contributed by atoms with Gasteiger partial charge in [0.1, 0.15) is 17.2 Å². The molecule has 5 rings (SSSR count). The number of urea groups is 1. The molecule has 34 heavy (non-hydrogen) atoms. The van der Waals surface area contributed by atoms with E-state index in [4.69, 9.17) is 9.47 Å². The number of benzene rings is 2. The lowest BCUT2D eigenvalue weighted by molar-refractivity contribution is -0.123. The third-order valence-electron chi connectivity index (χ3n) is 6.57. The van der Waals surface area contributed by atoms with Crippen molar-refractivity contribution < 1.29 is 23.5 Å². The summed E-state index contributed by atoms with van der Waals surface area (Å²) in [4.78, 5) is 27.7. The highest BCUT2D eigenvalue weighted by Crippen LogP contribution is 2.39. The summed E-state index contributed by atoms with van der Waals surface area (Å²) in [5.74, 6) is 0.0174. The SMILES string of the molecule is CC1(C)C[C@@H](NC(=O)Nc2ccc3c(c2)NC(=O)C(N2CCOCC2)C3)c2ccc(F)cc2O1. The van der Waals surface area contributed by atoms with Crippen molar-refractivity contribution in [2.45, 2.75) is 44.4 Å². The van der Waals surface area contributed by atoms with E-state index < -0.39 is 5.60 Å². The van der Waals surface area contributed by atoms with Crippen LogP contribution in [0.15, 0.2) is 36.4 Å². The number of carbonyl (C=O) groups excluding carboxylic acids is 2. The van der Waals surface area contributed by atoms with Gasteiger partial charge in [-0.25, -0.2) is 9.18 Å². The fourth-order valence-corrected chi connectivity index (χ4v) is 4.93. The number of amides is 3. The summed E-state index contributed by atoms with van der Waals surface area (Å²) in [6.07, 6.45) is 1.17. The van der Waals surface area contributed by atoms with Crippen molar-refractivity contribution >= 4 is 23.3 Å². The van der Waals surface area contributed by atoms with Crippen LogP contribution in [0.1, 0.15) is 37.4 Å². The number of ether oxygens (including phenoxy) is 2. The number of nitrogens with one attached hydrogen (secondary N) is 3. The predicted molar refractivity (Wildman–Crippen MR) is 126 cm³/mol. The second-order valence-corrected chi connectivity index (χ2v) is 9.63. The van der Waals surface area contributed by atoms with Gasteiger partial charge in [0.15, 0.2) is 0 Å². The van der Waals surface area contributed by atoms with Crippen molar-refractivity contribution in [3.8, 4) is 5.75 Å². The first-order valence-corrected chi connectivity index (χ1v) is 11.6. The van der Waals surface area contributed by atoms with E-state index in [9.17, 15) is 14.0 Å². The highest BCUT2D eigenvalue weighted by Gasteiger charge is 2.35. The number of nitrogens with zero attached hydrogens (tertiary/aromatic N) is 1. The largest absolute Gasteiger partial charge is 0.487 e. The maximum atomic E-state index is 13.7. The number of hydrogen-bond acceptors (Lipinski definition) is 5. The first-order chi connectivity index (χ1) is 16.3. The Morgan fingerprint density at radius 2 is 1.97 bits per heavy atom. The Bertz CT molecular complexity index is 1120. The minimum absolute atomic E-state index is 0.0377. The van der Waals surface area contributed by atoms with Crippen molar-refractivity contribution in [2.75, 3.05) is 36.9 Å². The second-order valence-electron chi connectivity index (χ2n) is 9.63. The Morgan fingerprint density at radius 1 is 1.18 bits per heavy atom. The molecule has 1 saturated heterocycles. The number of fused-ring (bicyclic) bond motifs is 2. The van der Waals surface area contributed by atoms with E-state index in [1.807, 2.05) is 26.0 Å². The summed E-state index contributed by atoms with van der Waals surface area (Å²) in [7, 11) is 0. The summed E-state index contributed by atoms with van der Waals surface area (Å²) >= 11 is 0. The standard InChI is InChI=1S/C25H29FN4O4/c1-25(2)14-20(18-6-4-16(26)12-22(18)34-25)29-24(32)27-17-5-3-15-11-21(23(31)28-19(15)13-17)30-7-9-33-10-8-30/h3-6,12-13,20-21H,7-11,14H2,1-2H3,(H,28,31)(H2,27,29,32)/t20-,21?/m1/s1. The lowest BCUT2D eigenvalue weighted by atomic mass is 9.90. The van der Waals surface area contributed by atoms with Crippen LogP contribution in [0, 0.1) is 5.82 Å². The molecule has 3 amide bonds. The topological polar surface area (TPSA) is 91.9 Å². The number of anilines is 2. The van der Waals surface area contributed by atoms with Crippen LogP contribution in [-0.4, -0.2) is 54.8 Å². The Morgan fingerprint density at radius 3 is 2.76 bits per heavy atom. The maximum Gasteiger partial charge on any atom is 0.319 e. The van der Waals surface area contributed by atoms with Crippen LogP contribution in [0.3, 0.4) is 0 Å². The van der Waals surface area contributed by atoms with Crippen LogP contribution < -0.4 is 20.7 Å². The van der Waals surface area contributed by atoms with Gasteiger partial charge in [0.05, 0.1) is 25.3 Å². The normalized spacial score (nSPS) is 23.7. The van der Waals surface area contributed by atoms with Crippen molar-refractivity contribution in [2.24, 2.45) is 0 Å². The Kier molecular flexibility index (Phi) is 5.91. The van der Waals surface area contributed by atoms with E-state index >= 15 is 0 Å². The van der Waals surface area contributed by atoms with E-state index in [1.54, 1.807) is 12.1 Å². The Labute approximate surface area is 197 Å². The van der Waals surface area contributed by atoms with Gasteiger partial charge in [0.2, 0.25) is 5.91 Å². The second kappa shape index (κ2) is 8.88. The van der Waals surface area contributed by atoms with Gasteiger partial charge < -0.3 is 25.4 Å². The summed E-state index contributed by atoms with van der Waals surface area (Å²) in [5, 5.41) is 8.82. The van der Waals surface area contributed by atoms with Crippen molar-refractivity contribution in [1.29, 1.82) is 0 Å². The minimum Gasteiger partial charge on any atom is -0.487 e. The molecule has 1 fully saturated rings. The average Bonchev–Trinajstić information content (AvgIpc) is 2.78. The molecule has 3 aliphatic heterocycles. The Balaban J connectivity index is 1.27. The first kappa shape index (κ1) is 22.6. The number of morpholine rings is 1. The third kappa shape index (κ3) is 4.71. The molecular weight excluding hydrogens is 439 g/mol. The monoisotopic (exact) mass is 468 g/mol. The number of carbonyl (C=O) groups is 2. The molecule has 8 nitrogen and oxygen atoms in total. The third-order valence-corrected chi connectivity index (χ3v) is 6.57. The van der Waals surface area contributed by atoms with E-state index in [2.05, 4.69) is 20.9 Å². The summed E-state index contributed by atoms with van der Waals surface area (Å²) in [6.45, 7) is 6.57. The van der Waals surface area contributed by atoms with E-state index in [0.717, 1.165) is 24.2 Å². The lowest BCUT2D eigenvalue weighted by Gasteiger charge is -2.38. The van der Waals surface area contributed by atoms with Gasteiger partial charge in [-0.15, -0.1) is 0 Å². The molecule has 3 N–H and O–H groups in total. The van der Waals surface area contributed by atoms with E-state index in [-0.39, 0.29) is 29.8 Å². The van der Waals surface area contributed by atoms with Crippen LogP contribution in [0.5, 0.6) is 5.75 Å². The molecule has 3 aliphatic rings. The predicted octanol–water partition coefficient (Wildman–Crippen LogP) is 3.45. The zero-order valence-electron chi connectivity index (χ0n) is 19.3. The molecular formula is C25H29FN4O4. The van der Waals surface area contributed by atoms with Crippen LogP contribution in [0.4, 0.5) is 20.6 Å².